The fourth-order valence-electron chi connectivity index (χ4n) is 4.24. The first-order valence-corrected chi connectivity index (χ1v) is 11.1. The molecule has 0 unspecified atom stereocenters. The van der Waals surface area contributed by atoms with Crippen molar-refractivity contribution in [2.24, 2.45) is 0 Å². The van der Waals surface area contributed by atoms with Gasteiger partial charge >= 0.3 is 0 Å². The Labute approximate surface area is 183 Å². The molecular weight excluding hydrogens is 398 g/mol. The van der Waals surface area contributed by atoms with Crippen LogP contribution in [0.15, 0.2) is 54.6 Å². The number of unbranched alkanes of at least 4 members (excludes halogenated alkanes) is 1. The smallest absolute Gasteiger partial charge is 0.261 e. The topological polar surface area (TPSA) is 45.7 Å². The molecule has 4 rings (SSSR count). The Hall–Kier alpha value is -2.37. The van der Waals surface area contributed by atoms with Gasteiger partial charge in [0.2, 0.25) is 0 Å². The first-order chi connectivity index (χ1) is 14.6. The van der Waals surface area contributed by atoms with Gasteiger partial charge in [0.1, 0.15) is 12.0 Å². The number of carbonyl (C=O) groups excluding carboxylic acids is 1. The van der Waals surface area contributed by atoms with Crippen LogP contribution in [0.4, 0.5) is 0 Å². The molecule has 2 aliphatic heterocycles. The van der Waals surface area contributed by atoms with E-state index in [1.54, 1.807) is 24.5 Å². The molecule has 0 saturated carbocycles. The van der Waals surface area contributed by atoms with E-state index in [1.807, 2.05) is 24.1 Å². The number of likely N-dealkylation sites (tertiary alicyclic amines) is 1. The molecular formula is C24H28ClN3O2. The van der Waals surface area contributed by atoms with Gasteiger partial charge in [0.15, 0.2) is 0 Å². The predicted molar refractivity (Wildman–Crippen MR) is 119 cm³/mol. The van der Waals surface area contributed by atoms with E-state index in [-0.39, 0.29) is 5.91 Å². The Morgan fingerprint density at radius 1 is 1.13 bits per heavy atom. The van der Waals surface area contributed by atoms with Crippen molar-refractivity contribution in [2.45, 2.75) is 38.5 Å². The summed E-state index contributed by atoms with van der Waals surface area (Å²) in [5.74, 6) is 1.08. The minimum absolute atomic E-state index is 0.0240. The van der Waals surface area contributed by atoms with Crippen LogP contribution in [0.25, 0.3) is 0 Å². The van der Waals surface area contributed by atoms with Gasteiger partial charge in [0.25, 0.3) is 5.91 Å². The highest BCUT2D eigenvalue weighted by molar-refractivity contribution is 6.30. The summed E-state index contributed by atoms with van der Waals surface area (Å²) in [4.78, 5) is 21.8. The molecule has 0 atom stereocenters. The molecule has 1 amide bonds. The number of aromatic nitrogens is 1. The Morgan fingerprint density at radius 2 is 1.93 bits per heavy atom. The minimum atomic E-state index is -0.0240. The highest BCUT2D eigenvalue weighted by Crippen LogP contribution is 2.29. The lowest BCUT2D eigenvalue weighted by Crippen LogP contribution is -2.34. The molecule has 0 aliphatic carbocycles. The van der Waals surface area contributed by atoms with Crippen molar-refractivity contribution in [3.8, 4) is 5.75 Å². The molecule has 0 spiro atoms. The van der Waals surface area contributed by atoms with Crippen LogP contribution in [-0.2, 0) is 0 Å². The summed E-state index contributed by atoms with van der Waals surface area (Å²) >= 11 is 6.04. The zero-order valence-electron chi connectivity index (χ0n) is 17.4. The monoisotopic (exact) mass is 425 g/mol. The molecule has 1 aromatic heterocycles. The number of fused-ring (bicyclic) bond motifs is 1. The van der Waals surface area contributed by atoms with Crippen LogP contribution >= 0.6 is 11.6 Å². The van der Waals surface area contributed by atoms with Gasteiger partial charge < -0.3 is 14.5 Å². The second kappa shape index (κ2) is 9.63. The molecule has 3 heterocycles. The maximum Gasteiger partial charge on any atom is 0.261 e. The lowest BCUT2D eigenvalue weighted by molar-refractivity contribution is 0.0804. The third-order valence-corrected chi connectivity index (χ3v) is 6.24. The number of pyridine rings is 1. The molecule has 1 saturated heterocycles. The molecule has 2 aromatic rings. The normalized spacial score (nSPS) is 17.9. The Kier molecular flexibility index (Phi) is 6.70. The average molecular weight is 426 g/mol. The van der Waals surface area contributed by atoms with Crippen molar-refractivity contribution < 1.29 is 9.53 Å². The molecule has 1 fully saturated rings. The van der Waals surface area contributed by atoms with Crippen LogP contribution in [0.2, 0.25) is 5.02 Å². The van der Waals surface area contributed by atoms with Crippen molar-refractivity contribution in [3.63, 3.8) is 0 Å². The molecule has 158 valence electrons. The fraction of sp³-hybridized carbons (Fsp3) is 0.417. The Balaban J connectivity index is 1.24. The van der Waals surface area contributed by atoms with Gasteiger partial charge in [0.05, 0.1) is 11.3 Å². The molecule has 6 heteroatoms. The van der Waals surface area contributed by atoms with E-state index in [0.29, 0.717) is 28.8 Å². The van der Waals surface area contributed by atoms with E-state index in [4.69, 9.17) is 16.3 Å². The number of piperidine rings is 1. The first-order valence-electron chi connectivity index (χ1n) is 10.7. The van der Waals surface area contributed by atoms with Crippen LogP contribution in [0.3, 0.4) is 0 Å². The van der Waals surface area contributed by atoms with Gasteiger partial charge in [-0.3, -0.25) is 9.78 Å². The molecule has 5 nitrogen and oxygen atoms in total. The van der Waals surface area contributed by atoms with E-state index in [0.717, 1.165) is 38.2 Å². The first kappa shape index (κ1) is 20.9. The van der Waals surface area contributed by atoms with E-state index < -0.39 is 0 Å². The number of amides is 1. The molecule has 2 aliphatic rings. The molecule has 30 heavy (non-hydrogen) atoms. The maximum absolute atomic E-state index is 13.0. The van der Waals surface area contributed by atoms with E-state index in [1.165, 1.54) is 18.5 Å². The molecule has 1 aromatic carbocycles. The van der Waals surface area contributed by atoms with Crippen LogP contribution in [-0.4, -0.2) is 46.9 Å². The zero-order chi connectivity index (χ0) is 20.9. The van der Waals surface area contributed by atoms with Gasteiger partial charge in [-0.2, -0.15) is 0 Å². The van der Waals surface area contributed by atoms with Gasteiger partial charge in [-0.05, 0) is 76.5 Å². The maximum atomic E-state index is 13.0. The number of hydrogen-bond donors (Lipinski definition) is 0. The highest BCUT2D eigenvalue weighted by Gasteiger charge is 2.25. The van der Waals surface area contributed by atoms with Gasteiger partial charge in [-0.1, -0.05) is 17.7 Å². The number of ether oxygens (including phenoxy) is 1. The van der Waals surface area contributed by atoms with E-state index >= 15 is 0 Å². The Bertz CT molecular complexity index is 908. The number of halogens is 1. The molecule has 0 bridgehead atoms. The van der Waals surface area contributed by atoms with Crippen molar-refractivity contribution in [1.82, 2.24) is 14.8 Å². The SMILES string of the molecule is CC1=COc2cc(Cl)ccc2C(=O)N1CCCCN1CCC(c2ccccn2)CC1. The second-order valence-electron chi connectivity index (χ2n) is 8.05. The summed E-state index contributed by atoms with van der Waals surface area (Å²) in [6.07, 6.45) is 7.89. The summed E-state index contributed by atoms with van der Waals surface area (Å²) in [5, 5.41) is 0.563. The van der Waals surface area contributed by atoms with E-state index in [2.05, 4.69) is 22.0 Å². The van der Waals surface area contributed by atoms with E-state index in [9.17, 15) is 4.79 Å². The van der Waals surface area contributed by atoms with Crippen molar-refractivity contribution in [3.05, 3.63) is 70.8 Å². The van der Waals surface area contributed by atoms with Crippen LogP contribution in [0.5, 0.6) is 5.75 Å². The number of allylic oxidation sites excluding steroid dienone is 1. The number of nitrogens with zero attached hydrogens (tertiary/aromatic N) is 3. The molecule has 0 N–H and O–H groups in total. The van der Waals surface area contributed by atoms with Crippen LogP contribution < -0.4 is 4.74 Å². The summed E-state index contributed by atoms with van der Waals surface area (Å²) in [7, 11) is 0. The second-order valence-corrected chi connectivity index (χ2v) is 8.49. The quantitative estimate of drug-likeness (QED) is 0.604. The summed E-state index contributed by atoms with van der Waals surface area (Å²) < 4.78 is 5.67. The summed E-state index contributed by atoms with van der Waals surface area (Å²) in [6, 6.07) is 11.4. The summed E-state index contributed by atoms with van der Waals surface area (Å²) in [6.45, 7) is 5.91. The van der Waals surface area contributed by atoms with Gasteiger partial charge in [-0.25, -0.2) is 0 Å². The number of hydrogen-bond acceptors (Lipinski definition) is 4. The fourth-order valence-corrected chi connectivity index (χ4v) is 4.40. The summed E-state index contributed by atoms with van der Waals surface area (Å²) in [5.41, 5.74) is 2.61. The predicted octanol–water partition coefficient (Wildman–Crippen LogP) is 5.09. The zero-order valence-corrected chi connectivity index (χ0v) is 18.1. The highest BCUT2D eigenvalue weighted by atomic mass is 35.5. The minimum Gasteiger partial charge on any atom is -0.462 e. The number of carbonyl (C=O) groups is 1. The number of benzene rings is 1. The number of rotatable bonds is 6. The Morgan fingerprint density at radius 3 is 2.70 bits per heavy atom. The largest absolute Gasteiger partial charge is 0.462 e. The van der Waals surface area contributed by atoms with Crippen LogP contribution in [0.1, 0.15) is 54.6 Å². The third-order valence-electron chi connectivity index (χ3n) is 6.00. The van der Waals surface area contributed by atoms with Crippen molar-refractivity contribution in [2.75, 3.05) is 26.2 Å². The van der Waals surface area contributed by atoms with Gasteiger partial charge in [-0.15, -0.1) is 0 Å². The van der Waals surface area contributed by atoms with Crippen molar-refractivity contribution >= 4 is 17.5 Å². The standard InChI is InChI=1S/C24H28ClN3O2/c1-18-17-30-23-16-20(25)7-8-21(23)24(29)28(18)13-5-4-12-27-14-9-19(10-15-27)22-6-2-3-11-26-22/h2-3,6-8,11,16-17,19H,4-5,9-10,12-15H2,1H3. The van der Waals surface area contributed by atoms with Crippen molar-refractivity contribution in [1.29, 1.82) is 0 Å². The van der Waals surface area contributed by atoms with Gasteiger partial charge in [0, 0.05) is 35.4 Å². The van der Waals surface area contributed by atoms with Crippen LogP contribution in [0, 0.1) is 0 Å². The lowest BCUT2D eigenvalue weighted by Gasteiger charge is -2.31. The average Bonchev–Trinajstić information content (AvgIpc) is 2.89. The lowest BCUT2D eigenvalue weighted by atomic mass is 9.93. The third kappa shape index (κ3) is 4.85. The molecule has 0 radical (unpaired) electrons.